The Bertz CT molecular complexity index is 441. The van der Waals surface area contributed by atoms with Gasteiger partial charge in [0.15, 0.2) is 0 Å². The molecule has 1 saturated carbocycles. The summed E-state index contributed by atoms with van der Waals surface area (Å²) in [5, 5.41) is 12.8. The number of rotatable bonds is 4. The lowest BCUT2D eigenvalue weighted by Crippen LogP contribution is -2.34. The van der Waals surface area contributed by atoms with Gasteiger partial charge in [-0.1, -0.05) is 19.3 Å². The molecular formula is C15H21N3O. The fourth-order valence-electron chi connectivity index (χ4n) is 2.63. The third-order valence-corrected chi connectivity index (χ3v) is 3.76. The first-order chi connectivity index (χ1) is 9.33. The molecule has 4 nitrogen and oxygen atoms in total. The molecule has 2 rings (SSSR count). The van der Waals surface area contributed by atoms with E-state index in [1.165, 1.54) is 19.3 Å². The number of hydrogen-bond acceptors (Lipinski definition) is 4. The Balaban J connectivity index is 1.94. The first-order valence-corrected chi connectivity index (χ1v) is 6.95. The van der Waals surface area contributed by atoms with Crippen molar-refractivity contribution in [2.45, 2.75) is 44.7 Å². The minimum absolute atomic E-state index is 0.145. The summed E-state index contributed by atoms with van der Waals surface area (Å²) >= 11 is 0. The molecular weight excluding hydrogens is 238 g/mol. The number of aromatic nitrogens is 1. The van der Waals surface area contributed by atoms with E-state index < -0.39 is 0 Å². The molecule has 2 unspecified atom stereocenters. The number of ether oxygens (including phenoxy) is 1. The van der Waals surface area contributed by atoms with Gasteiger partial charge in [0.05, 0.1) is 19.1 Å². The third-order valence-electron chi connectivity index (χ3n) is 3.76. The summed E-state index contributed by atoms with van der Waals surface area (Å²) in [6.07, 6.45) is 7.52. The summed E-state index contributed by atoms with van der Waals surface area (Å²) in [5.41, 5.74) is 1.15. The highest BCUT2D eigenvalue weighted by Crippen LogP contribution is 2.23. The van der Waals surface area contributed by atoms with Crippen LogP contribution in [0.4, 0.5) is 0 Å². The van der Waals surface area contributed by atoms with Crippen molar-refractivity contribution in [3.05, 3.63) is 23.9 Å². The molecule has 4 heteroatoms. The van der Waals surface area contributed by atoms with Crippen LogP contribution < -0.4 is 10.1 Å². The summed E-state index contributed by atoms with van der Waals surface area (Å²) in [6, 6.07) is 6.68. The molecule has 0 aromatic carbocycles. The molecule has 1 aliphatic rings. The molecule has 1 aromatic heterocycles. The smallest absolute Gasteiger partial charge is 0.213 e. The van der Waals surface area contributed by atoms with Gasteiger partial charge in [0.2, 0.25) is 5.88 Å². The fourth-order valence-corrected chi connectivity index (χ4v) is 2.63. The van der Waals surface area contributed by atoms with Crippen molar-refractivity contribution >= 4 is 0 Å². The van der Waals surface area contributed by atoms with Gasteiger partial charge in [0.1, 0.15) is 0 Å². The van der Waals surface area contributed by atoms with Crippen molar-refractivity contribution in [3.63, 3.8) is 0 Å². The zero-order valence-corrected chi connectivity index (χ0v) is 11.4. The topological polar surface area (TPSA) is 57.9 Å². The number of hydrogen-bond donors (Lipinski definition) is 1. The Hall–Kier alpha value is -1.60. The molecule has 1 heterocycles. The molecule has 1 aliphatic carbocycles. The molecule has 0 aliphatic heterocycles. The molecule has 2 atom stereocenters. The molecule has 1 N–H and O–H groups in total. The summed E-state index contributed by atoms with van der Waals surface area (Å²) in [4.78, 5) is 4.10. The second-order valence-corrected chi connectivity index (χ2v) is 5.07. The predicted molar refractivity (Wildman–Crippen MR) is 73.6 cm³/mol. The van der Waals surface area contributed by atoms with Crippen LogP contribution in [0.25, 0.3) is 0 Å². The van der Waals surface area contributed by atoms with Crippen LogP contribution in [0.2, 0.25) is 0 Å². The highest BCUT2D eigenvalue weighted by Gasteiger charge is 2.22. The van der Waals surface area contributed by atoms with Gasteiger partial charge >= 0.3 is 0 Å². The van der Waals surface area contributed by atoms with Gasteiger partial charge in [-0.3, -0.25) is 0 Å². The van der Waals surface area contributed by atoms with Gasteiger partial charge in [-0.05, 0) is 24.5 Å². The summed E-state index contributed by atoms with van der Waals surface area (Å²) in [7, 11) is 1.62. The van der Waals surface area contributed by atoms with Gasteiger partial charge in [-0.15, -0.1) is 0 Å². The van der Waals surface area contributed by atoms with E-state index in [0.29, 0.717) is 11.9 Å². The third kappa shape index (κ3) is 3.93. The van der Waals surface area contributed by atoms with E-state index in [2.05, 4.69) is 16.4 Å². The van der Waals surface area contributed by atoms with Crippen molar-refractivity contribution in [1.82, 2.24) is 10.3 Å². The molecule has 0 radical (unpaired) electrons. The van der Waals surface area contributed by atoms with E-state index in [1.807, 2.05) is 12.1 Å². The first kappa shape index (κ1) is 13.8. The SMILES string of the molecule is COc1cc(CNC2CCCCCC2C#N)ccn1. The van der Waals surface area contributed by atoms with Gasteiger partial charge in [-0.2, -0.15) is 5.26 Å². The lowest BCUT2D eigenvalue weighted by atomic mass is 9.96. The van der Waals surface area contributed by atoms with E-state index in [1.54, 1.807) is 13.3 Å². The van der Waals surface area contributed by atoms with Crippen LogP contribution in [0.1, 0.15) is 37.7 Å². The van der Waals surface area contributed by atoms with Crippen LogP contribution in [-0.2, 0) is 6.54 Å². The number of nitrogens with one attached hydrogen (secondary N) is 1. The normalized spacial score (nSPS) is 23.4. The highest BCUT2D eigenvalue weighted by atomic mass is 16.5. The van der Waals surface area contributed by atoms with Crippen molar-refractivity contribution in [3.8, 4) is 11.9 Å². The van der Waals surface area contributed by atoms with Gasteiger partial charge in [0.25, 0.3) is 0 Å². The molecule has 19 heavy (non-hydrogen) atoms. The fraction of sp³-hybridized carbons (Fsp3) is 0.600. The second kappa shape index (κ2) is 7.10. The van der Waals surface area contributed by atoms with E-state index >= 15 is 0 Å². The largest absolute Gasteiger partial charge is 0.481 e. The number of nitriles is 1. The summed E-state index contributed by atoms with van der Waals surface area (Å²) < 4.78 is 5.12. The van der Waals surface area contributed by atoms with E-state index in [4.69, 9.17) is 4.74 Å². The maximum Gasteiger partial charge on any atom is 0.213 e. The van der Waals surface area contributed by atoms with Gasteiger partial charge < -0.3 is 10.1 Å². The summed E-state index contributed by atoms with van der Waals surface area (Å²) in [5.74, 6) is 0.781. The van der Waals surface area contributed by atoms with Crippen LogP contribution in [0.5, 0.6) is 5.88 Å². The zero-order valence-electron chi connectivity index (χ0n) is 11.4. The lowest BCUT2D eigenvalue weighted by Gasteiger charge is -2.21. The predicted octanol–water partition coefficient (Wildman–Crippen LogP) is 2.65. The quantitative estimate of drug-likeness (QED) is 0.844. The standard InChI is InChI=1S/C15H21N3O/c1-19-15-9-12(7-8-17-15)11-18-14-6-4-2-3-5-13(14)10-16/h7-9,13-14,18H,2-6,11H2,1H3. The maximum atomic E-state index is 9.25. The van der Waals surface area contributed by atoms with Gasteiger partial charge in [-0.25, -0.2) is 4.98 Å². The van der Waals surface area contributed by atoms with E-state index in [0.717, 1.165) is 24.9 Å². The molecule has 0 saturated heterocycles. The van der Waals surface area contributed by atoms with Crippen LogP contribution in [-0.4, -0.2) is 18.1 Å². The molecule has 0 amide bonds. The maximum absolute atomic E-state index is 9.25. The number of pyridine rings is 1. The Kier molecular flexibility index (Phi) is 5.17. The number of nitrogens with zero attached hydrogens (tertiary/aromatic N) is 2. The van der Waals surface area contributed by atoms with Crippen LogP contribution in [0.3, 0.4) is 0 Å². The average molecular weight is 259 g/mol. The summed E-state index contributed by atoms with van der Waals surface area (Å²) in [6.45, 7) is 0.766. The average Bonchev–Trinajstić information content (AvgIpc) is 2.70. The van der Waals surface area contributed by atoms with Crippen molar-refractivity contribution in [2.75, 3.05) is 7.11 Å². The minimum Gasteiger partial charge on any atom is -0.481 e. The van der Waals surface area contributed by atoms with Crippen molar-refractivity contribution in [2.24, 2.45) is 5.92 Å². The van der Waals surface area contributed by atoms with E-state index in [9.17, 15) is 5.26 Å². The second-order valence-electron chi connectivity index (χ2n) is 5.07. The Labute approximate surface area is 114 Å². The Morgan fingerprint density at radius 1 is 1.42 bits per heavy atom. The molecule has 1 aromatic rings. The molecule has 1 fully saturated rings. The van der Waals surface area contributed by atoms with Crippen molar-refractivity contribution in [1.29, 1.82) is 5.26 Å². The van der Waals surface area contributed by atoms with Crippen molar-refractivity contribution < 1.29 is 4.74 Å². The molecule has 0 spiro atoms. The molecule has 0 bridgehead atoms. The number of methoxy groups -OCH3 is 1. The van der Waals surface area contributed by atoms with Crippen LogP contribution in [0.15, 0.2) is 18.3 Å². The van der Waals surface area contributed by atoms with Crippen LogP contribution >= 0.6 is 0 Å². The highest BCUT2D eigenvalue weighted by molar-refractivity contribution is 5.20. The Morgan fingerprint density at radius 2 is 2.26 bits per heavy atom. The minimum atomic E-state index is 0.145. The lowest BCUT2D eigenvalue weighted by molar-refractivity contribution is 0.387. The Morgan fingerprint density at radius 3 is 3.05 bits per heavy atom. The van der Waals surface area contributed by atoms with Gasteiger partial charge in [0, 0.05) is 24.8 Å². The zero-order chi connectivity index (χ0) is 13.5. The van der Waals surface area contributed by atoms with E-state index in [-0.39, 0.29) is 5.92 Å². The van der Waals surface area contributed by atoms with Crippen LogP contribution in [0, 0.1) is 17.2 Å². The first-order valence-electron chi connectivity index (χ1n) is 6.95. The monoisotopic (exact) mass is 259 g/mol. The molecule has 102 valence electrons.